The van der Waals surface area contributed by atoms with Crippen molar-refractivity contribution in [3.05, 3.63) is 26.7 Å². The van der Waals surface area contributed by atoms with Crippen LogP contribution in [0.15, 0.2) is 6.07 Å². The molecule has 13 heavy (non-hydrogen) atoms. The van der Waals surface area contributed by atoms with Crippen molar-refractivity contribution < 1.29 is 5.11 Å². The molecule has 0 saturated carbocycles. The number of hydrogen-bond acceptors (Lipinski definition) is 1. The summed E-state index contributed by atoms with van der Waals surface area (Å²) in [7, 11) is 0. The first kappa shape index (κ1) is 11.0. The van der Waals surface area contributed by atoms with Crippen LogP contribution in [0.25, 0.3) is 0 Å². The van der Waals surface area contributed by atoms with Crippen molar-refractivity contribution in [1.29, 1.82) is 0 Å². The number of phenolic OH excluding ortho intramolecular Hbond substituents is 1. The SMILES string of the molecule is CC(C)c1cc(Cl)c(Cl)c(Cl)c1O. The maximum absolute atomic E-state index is 9.60. The average molecular weight is 240 g/mol. The quantitative estimate of drug-likeness (QED) is 0.717. The van der Waals surface area contributed by atoms with Gasteiger partial charge in [0.2, 0.25) is 0 Å². The minimum absolute atomic E-state index is 0.0195. The van der Waals surface area contributed by atoms with Crippen LogP contribution < -0.4 is 0 Å². The van der Waals surface area contributed by atoms with Gasteiger partial charge in [-0.25, -0.2) is 0 Å². The van der Waals surface area contributed by atoms with Gasteiger partial charge in [-0.3, -0.25) is 0 Å². The second kappa shape index (κ2) is 3.95. The molecule has 0 aliphatic rings. The molecule has 0 atom stereocenters. The lowest BCUT2D eigenvalue weighted by Gasteiger charge is -2.11. The van der Waals surface area contributed by atoms with Gasteiger partial charge in [-0.15, -0.1) is 0 Å². The van der Waals surface area contributed by atoms with Crippen LogP contribution in [0.1, 0.15) is 25.3 Å². The van der Waals surface area contributed by atoms with Crippen LogP contribution in [0.5, 0.6) is 5.75 Å². The minimum atomic E-state index is 0.0195. The fourth-order valence-corrected chi connectivity index (χ4v) is 1.66. The normalized spacial score (nSPS) is 10.9. The van der Waals surface area contributed by atoms with E-state index >= 15 is 0 Å². The lowest BCUT2D eigenvalue weighted by molar-refractivity contribution is 0.465. The molecular formula is C9H9Cl3O. The van der Waals surface area contributed by atoms with E-state index in [0.717, 1.165) is 0 Å². The predicted octanol–water partition coefficient (Wildman–Crippen LogP) is 4.48. The highest BCUT2D eigenvalue weighted by Gasteiger charge is 2.15. The number of aromatic hydroxyl groups is 1. The predicted molar refractivity (Wildman–Crippen MR) is 57.2 cm³/mol. The first-order valence-electron chi connectivity index (χ1n) is 3.81. The van der Waals surface area contributed by atoms with Gasteiger partial charge in [-0.05, 0) is 17.5 Å². The lowest BCUT2D eigenvalue weighted by Crippen LogP contribution is -1.89. The Hall–Kier alpha value is -0.110. The average Bonchev–Trinajstić information content (AvgIpc) is 2.07. The van der Waals surface area contributed by atoms with Gasteiger partial charge < -0.3 is 5.11 Å². The largest absolute Gasteiger partial charge is 0.506 e. The zero-order valence-electron chi connectivity index (χ0n) is 7.24. The van der Waals surface area contributed by atoms with E-state index in [1.54, 1.807) is 6.07 Å². The third-order valence-electron chi connectivity index (χ3n) is 1.79. The Labute approximate surface area is 92.2 Å². The molecule has 0 aliphatic heterocycles. The summed E-state index contributed by atoms with van der Waals surface area (Å²) >= 11 is 17.3. The van der Waals surface area contributed by atoms with E-state index in [1.165, 1.54) is 0 Å². The molecular weight excluding hydrogens is 230 g/mol. The molecule has 0 spiro atoms. The summed E-state index contributed by atoms with van der Waals surface area (Å²) < 4.78 is 0. The van der Waals surface area contributed by atoms with E-state index in [2.05, 4.69) is 0 Å². The van der Waals surface area contributed by atoms with Crippen molar-refractivity contribution in [2.24, 2.45) is 0 Å². The van der Waals surface area contributed by atoms with Gasteiger partial charge in [0.1, 0.15) is 10.8 Å². The van der Waals surface area contributed by atoms with Crippen molar-refractivity contribution in [1.82, 2.24) is 0 Å². The summed E-state index contributed by atoms with van der Waals surface area (Å²) in [5.41, 5.74) is 0.708. The van der Waals surface area contributed by atoms with E-state index < -0.39 is 0 Å². The first-order chi connectivity index (χ1) is 5.95. The summed E-state index contributed by atoms with van der Waals surface area (Å²) in [6, 6.07) is 1.63. The van der Waals surface area contributed by atoms with Crippen LogP contribution in [0.2, 0.25) is 15.1 Å². The summed E-state index contributed by atoms with van der Waals surface area (Å²) in [4.78, 5) is 0. The minimum Gasteiger partial charge on any atom is -0.506 e. The fraction of sp³-hybridized carbons (Fsp3) is 0.333. The second-order valence-corrected chi connectivity index (χ2v) is 4.24. The fourth-order valence-electron chi connectivity index (χ4n) is 1.04. The van der Waals surface area contributed by atoms with Crippen molar-refractivity contribution >= 4 is 34.8 Å². The molecule has 1 aromatic rings. The van der Waals surface area contributed by atoms with Crippen molar-refractivity contribution in [3.8, 4) is 5.75 Å². The number of halogens is 3. The molecule has 0 aromatic heterocycles. The molecule has 72 valence electrons. The summed E-state index contributed by atoms with van der Waals surface area (Å²) in [5, 5.41) is 10.3. The molecule has 0 radical (unpaired) electrons. The van der Waals surface area contributed by atoms with E-state index in [-0.39, 0.29) is 21.7 Å². The standard InChI is InChI=1S/C9H9Cl3O/c1-4(2)5-3-6(10)7(11)8(12)9(5)13/h3-4,13H,1-2H3. The molecule has 0 aliphatic carbocycles. The molecule has 1 nitrogen and oxygen atoms in total. The highest BCUT2D eigenvalue weighted by Crippen LogP contribution is 2.41. The summed E-state index contributed by atoms with van der Waals surface area (Å²) in [6.45, 7) is 3.88. The van der Waals surface area contributed by atoms with Gasteiger partial charge >= 0.3 is 0 Å². The van der Waals surface area contributed by atoms with Crippen molar-refractivity contribution in [3.63, 3.8) is 0 Å². The van der Waals surface area contributed by atoms with Gasteiger partial charge in [-0.2, -0.15) is 0 Å². The van der Waals surface area contributed by atoms with Gasteiger partial charge in [-0.1, -0.05) is 48.7 Å². The van der Waals surface area contributed by atoms with Gasteiger partial charge in [0.05, 0.1) is 10.0 Å². The zero-order valence-corrected chi connectivity index (χ0v) is 9.50. The maximum Gasteiger partial charge on any atom is 0.139 e. The van der Waals surface area contributed by atoms with Crippen LogP contribution >= 0.6 is 34.8 Å². The number of phenols is 1. The zero-order chi connectivity index (χ0) is 10.2. The van der Waals surface area contributed by atoms with Gasteiger partial charge in [0.15, 0.2) is 0 Å². The molecule has 0 unspecified atom stereocenters. The molecule has 1 N–H and O–H groups in total. The Balaban J connectivity index is 3.41. The van der Waals surface area contributed by atoms with Gasteiger partial charge in [0, 0.05) is 0 Å². The Morgan fingerprint density at radius 2 is 1.69 bits per heavy atom. The summed E-state index contributed by atoms with van der Waals surface area (Å²) in [5.74, 6) is 0.179. The van der Waals surface area contributed by atoms with Crippen LogP contribution in [0, 0.1) is 0 Å². The first-order valence-corrected chi connectivity index (χ1v) is 4.95. The molecule has 0 saturated heterocycles. The van der Waals surface area contributed by atoms with Crippen LogP contribution in [0.4, 0.5) is 0 Å². The van der Waals surface area contributed by atoms with Crippen LogP contribution in [-0.4, -0.2) is 5.11 Å². The Kier molecular flexibility index (Phi) is 3.33. The third-order valence-corrected chi connectivity index (χ3v) is 3.04. The topological polar surface area (TPSA) is 20.2 Å². The Bertz CT molecular complexity index is 334. The monoisotopic (exact) mass is 238 g/mol. The molecule has 0 fully saturated rings. The molecule has 0 bridgehead atoms. The number of hydrogen-bond donors (Lipinski definition) is 1. The highest BCUT2D eigenvalue weighted by atomic mass is 35.5. The summed E-state index contributed by atoms with van der Waals surface area (Å²) in [6.07, 6.45) is 0. The Morgan fingerprint density at radius 3 is 2.15 bits per heavy atom. The van der Waals surface area contributed by atoms with Crippen molar-refractivity contribution in [2.75, 3.05) is 0 Å². The number of rotatable bonds is 1. The lowest BCUT2D eigenvalue weighted by atomic mass is 10.0. The molecule has 0 heterocycles. The third kappa shape index (κ3) is 2.04. The van der Waals surface area contributed by atoms with E-state index in [4.69, 9.17) is 34.8 Å². The molecule has 0 amide bonds. The van der Waals surface area contributed by atoms with Crippen LogP contribution in [-0.2, 0) is 0 Å². The van der Waals surface area contributed by atoms with Crippen molar-refractivity contribution in [2.45, 2.75) is 19.8 Å². The van der Waals surface area contributed by atoms with Crippen LogP contribution in [0.3, 0.4) is 0 Å². The molecule has 1 aromatic carbocycles. The second-order valence-electron chi connectivity index (χ2n) is 3.08. The Morgan fingerprint density at radius 1 is 1.15 bits per heavy atom. The van der Waals surface area contributed by atoms with E-state index in [1.807, 2.05) is 13.8 Å². The molecule has 4 heteroatoms. The van der Waals surface area contributed by atoms with E-state index in [9.17, 15) is 5.11 Å². The highest BCUT2D eigenvalue weighted by molar-refractivity contribution is 6.48. The van der Waals surface area contributed by atoms with Gasteiger partial charge in [0.25, 0.3) is 0 Å². The van der Waals surface area contributed by atoms with E-state index in [0.29, 0.717) is 10.6 Å². The maximum atomic E-state index is 9.60. The number of benzene rings is 1. The smallest absolute Gasteiger partial charge is 0.139 e. The molecule has 1 rings (SSSR count).